The predicted molar refractivity (Wildman–Crippen MR) is 65.4 cm³/mol. The van der Waals surface area contributed by atoms with E-state index < -0.39 is 0 Å². The molecule has 0 bridgehead atoms. The zero-order chi connectivity index (χ0) is 11.2. The van der Waals surface area contributed by atoms with Gasteiger partial charge in [-0.3, -0.25) is 0 Å². The Kier molecular flexibility index (Phi) is 3.70. The summed E-state index contributed by atoms with van der Waals surface area (Å²) >= 11 is 0. The maximum absolute atomic E-state index is 5.51. The number of anilines is 1. The van der Waals surface area contributed by atoms with Crippen molar-refractivity contribution in [1.82, 2.24) is 0 Å². The first-order valence-electron chi connectivity index (χ1n) is 5.64. The molecule has 1 aliphatic heterocycles. The molecule has 3 nitrogen and oxygen atoms in total. The number of hydrogen-bond donors (Lipinski definition) is 1. The third-order valence-corrected chi connectivity index (χ3v) is 2.46. The van der Waals surface area contributed by atoms with Crippen molar-refractivity contribution in [2.24, 2.45) is 0 Å². The number of nitrogens with one attached hydrogen (secondary N) is 1. The standard InChI is InChI=1S/C13H17NO2/c1-2-3-4-7-14-11-5-6-12-13(10-11)16-9-8-15-12/h2,5-6,10,14H,1,3-4,7-9H2. The molecule has 1 aromatic rings. The van der Waals surface area contributed by atoms with Crippen LogP contribution in [0.25, 0.3) is 0 Å². The molecule has 86 valence electrons. The number of unbranched alkanes of at least 4 members (excludes halogenated alkanes) is 1. The molecule has 0 spiro atoms. The molecule has 0 amide bonds. The van der Waals surface area contributed by atoms with Gasteiger partial charge >= 0.3 is 0 Å². The average Bonchev–Trinajstić information content (AvgIpc) is 2.34. The normalized spacial score (nSPS) is 13.2. The maximum atomic E-state index is 5.51. The number of ether oxygens (including phenoxy) is 2. The summed E-state index contributed by atoms with van der Waals surface area (Å²) in [6.07, 6.45) is 4.07. The van der Waals surface area contributed by atoms with Gasteiger partial charge in [0.15, 0.2) is 11.5 Å². The number of benzene rings is 1. The molecule has 16 heavy (non-hydrogen) atoms. The van der Waals surface area contributed by atoms with Crippen LogP contribution in [0.15, 0.2) is 30.9 Å². The minimum Gasteiger partial charge on any atom is -0.486 e. The predicted octanol–water partition coefficient (Wildman–Crippen LogP) is 2.84. The first-order valence-corrected chi connectivity index (χ1v) is 5.64. The summed E-state index contributed by atoms with van der Waals surface area (Å²) in [5.74, 6) is 1.67. The lowest BCUT2D eigenvalue weighted by Gasteiger charge is -2.19. The van der Waals surface area contributed by atoms with Crippen LogP contribution in [-0.4, -0.2) is 19.8 Å². The van der Waals surface area contributed by atoms with Gasteiger partial charge in [-0.2, -0.15) is 0 Å². The molecule has 1 aromatic carbocycles. The van der Waals surface area contributed by atoms with Crippen LogP contribution in [0.3, 0.4) is 0 Å². The summed E-state index contributed by atoms with van der Waals surface area (Å²) in [6.45, 7) is 5.92. The van der Waals surface area contributed by atoms with Crippen LogP contribution in [0.4, 0.5) is 5.69 Å². The number of hydrogen-bond acceptors (Lipinski definition) is 3. The highest BCUT2D eigenvalue weighted by Gasteiger charge is 2.11. The molecule has 0 saturated heterocycles. The maximum Gasteiger partial charge on any atom is 0.163 e. The summed E-state index contributed by atoms with van der Waals surface area (Å²) in [7, 11) is 0. The van der Waals surface area contributed by atoms with Crippen molar-refractivity contribution in [1.29, 1.82) is 0 Å². The Morgan fingerprint density at radius 1 is 1.25 bits per heavy atom. The number of allylic oxidation sites excluding steroid dienone is 1. The second-order valence-electron chi connectivity index (χ2n) is 3.72. The minimum absolute atomic E-state index is 0.632. The van der Waals surface area contributed by atoms with E-state index in [0.29, 0.717) is 13.2 Å². The van der Waals surface area contributed by atoms with Gasteiger partial charge < -0.3 is 14.8 Å². The summed E-state index contributed by atoms with van der Waals surface area (Å²) in [4.78, 5) is 0. The molecule has 0 saturated carbocycles. The van der Waals surface area contributed by atoms with E-state index in [1.165, 1.54) is 0 Å². The van der Waals surface area contributed by atoms with Crippen LogP contribution in [0.5, 0.6) is 11.5 Å². The summed E-state index contributed by atoms with van der Waals surface area (Å²) < 4.78 is 11.0. The largest absolute Gasteiger partial charge is 0.486 e. The van der Waals surface area contributed by atoms with Crippen molar-refractivity contribution >= 4 is 5.69 Å². The zero-order valence-electron chi connectivity index (χ0n) is 9.37. The van der Waals surface area contributed by atoms with Crippen LogP contribution in [-0.2, 0) is 0 Å². The minimum atomic E-state index is 0.632. The lowest BCUT2D eigenvalue weighted by atomic mass is 10.2. The fraction of sp³-hybridized carbons (Fsp3) is 0.385. The molecule has 0 aromatic heterocycles. The Labute approximate surface area is 96.1 Å². The van der Waals surface area contributed by atoms with Crippen molar-refractivity contribution in [2.45, 2.75) is 12.8 Å². The average molecular weight is 219 g/mol. The molecule has 0 radical (unpaired) electrons. The van der Waals surface area contributed by atoms with Gasteiger partial charge in [0.1, 0.15) is 13.2 Å². The van der Waals surface area contributed by atoms with Gasteiger partial charge in [0, 0.05) is 18.3 Å². The van der Waals surface area contributed by atoms with Gasteiger partial charge in [0.25, 0.3) is 0 Å². The molecule has 1 N–H and O–H groups in total. The van der Waals surface area contributed by atoms with E-state index in [1.54, 1.807) is 0 Å². The SMILES string of the molecule is C=CCCCNc1ccc2c(c1)OCCO2. The fourth-order valence-corrected chi connectivity index (χ4v) is 1.63. The van der Waals surface area contributed by atoms with Gasteiger partial charge in [-0.25, -0.2) is 0 Å². The lowest BCUT2D eigenvalue weighted by molar-refractivity contribution is 0.171. The van der Waals surface area contributed by atoms with Crippen molar-refractivity contribution in [2.75, 3.05) is 25.1 Å². The van der Waals surface area contributed by atoms with Gasteiger partial charge in [-0.05, 0) is 25.0 Å². The Bertz CT molecular complexity index is 363. The summed E-state index contributed by atoms with van der Waals surface area (Å²) in [5.41, 5.74) is 1.08. The third-order valence-electron chi connectivity index (χ3n) is 2.46. The quantitative estimate of drug-likeness (QED) is 0.610. The van der Waals surface area contributed by atoms with Gasteiger partial charge in [-0.1, -0.05) is 6.08 Å². The van der Waals surface area contributed by atoms with Crippen LogP contribution < -0.4 is 14.8 Å². The Balaban J connectivity index is 1.92. The van der Waals surface area contributed by atoms with Crippen LogP contribution >= 0.6 is 0 Å². The van der Waals surface area contributed by atoms with Crippen molar-refractivity contribution in [3.8, 4) is 11.5 Å². The molecular weight excluding hydrogens is 202 g/mol. The second kappa shape index (κ2) is 5.45. The molecule has 1 heterocycles. The van der Waals surface area contributed by atoms with Crippen LogP contribution in [0.1, 0.15) is 12.8 Å². The molecule has 0 aliphatic carbocycles. The number of fused-ring (bicyclic) bond motifs is 1. The fourth-order valence-electron chi connectivity index (χ4n) is 1.63. The summed E-state index contributed by atoms with van der Waals surface area (Å²) in [6, 6.07) is 5.95. The van der Waals surface area contributed by atoms with E-state index in [-0.39, 0.29) is 0 Å². The van der Waals surface area contributed by atoms with Gasteiger partial charge in [0.05, 0.1) is 0 Å². The molecule has 0 atom stereocenters. The van der Waals surface area contributed by atoms with Crippen LogP contribution in [0, 0.1) is 0 Å². The Hall–Kier alpha value is -1.64. The second-order valence-corrected chi connectivity index (χ2v) is 3.72. The van der Waals surface area contributed by atoms with E-state index in [0.717, 1.165) is 36.6 Å². The van der Waals surface area contributed by atoms with Crippen molar-refractivity contribution in [3.05, 3.63) is 30.9 Å². The highest BCUT2D eigenvalue weighted by Crippen LogP contribution is 2.32. The van der Waals surface area contributed by atoms with Crippen LogP contribution in [0.2, 0.25) is 0 Å². The third kappa shape index (κ3) is 2.69. The highest BCUT2D eigenvalue weighted by molar-refractivity contribution is 5.55. The topological polar surface area (TPSA) is 30.5 Å². The molecule has 0 fully saturated rings. The zero-order valence-corrected chi connectivity index (χ0v) is 9.37. The number of rotatable bonds is 5. The summed E-state index contributed by atoms with van der Waals surface area (Å²) in [5, 5.41) is 3.35. The molecule has 0 unspecified atom stereocenters. The van der Waals surface area contributed by atoms with Gasteiger partial charge in [-0.15, -0.1) is 6.58 Å². The van der Waals surface area contributed by atoms with Gasteiger partial charge in [0.2, 0.25) is 0 Å². The Morgan fingerprint density at radius 2 is 2.06 bits per heavy atom. The van der Waals surface area contributed by atoms with Crippen molar-refractivity contribution < 1.29 is 9.47 Å². The van der Waals surface area contributed by atoms with E-state index >= 15 is 0 Å². The molecular formula is C13H17NO2. The molecule has 3 heteroatoms. The van der Waals surface area contributed by atoms with E-state index in [2.05, 4.69) is 11.9 Å². The first kappa shape index (κ1) is 10.9. The van der Waals surface area contributed by atoms with Crippen molar-refractivity contribution in [3.63, 3.8) is 0 Å². The van der Waals surface area contributed by atoms with E-state index in [1.807, 2.05) is 24.3 Å². The first-order chi connectivity index (χ1) is 7.90. The molecule has 1 aliphatic rings. The highest BCUT2D eigenvalue weighted by atomic mass is 16.6. The monoisotopic (exact) mass is 219 g/mol. The van der Waals surface area contributed by atoms with E-state index in [9.17, 15) is 0 Å². The lowest BCUT2D eigenvalue weighted by Crippen LogP contribution is -2.15. The smallest absolute Gasteiger partial charge is 0.163 e. The Morgan fingerprint density at radius 3 is 2.88 bits per heavy atom. The van der Waals surface area contributed by atoms with E-state index in [4.69, 9.17) is 9.47 Å². The molecule has 2 rings (SSSR count).